The van der Waals surface area contributed by atoms with E-state index >= 15 is 0 Å². The van der Waals surface area contributed by atoms with Crippen LogP contribution < -0.4 is 9.62 Å². The Morgan fingerprint density at radius 3 is 2.48 bits per heavy atom. The van der Waals surface area contributed by atoms with Crippen molar-refractivity contribution in [3.8, 4) is 34.0 Å². The Labute approximate surface area is 261 Å². The highest BCUT2D eigenvalue weighted by atomic mass is 32.2. The second-order valence-electron chi connectivity index (χ2n) is 11.0. The monoisotopic (exact) mass is 641 g/mol. The summed E-state index contributed by atoms with van der Waals surface area (Å²) in [6, 6.07) is 16.5. The van der Waals surface area contributed by atoms with Crippen molar-refractivity contribution in [1.82, 2.24) is 19.9 Å². The Bertz CT molecular complexity index is 2360. The second kappa shape index (κ2) is 10.6. The molecule has 7 rings (SSSR count). The van der Waals surface area contributed by atoms with Crippen LogP contribution in [0.15, 0.2) is 71.1 Å². The lowest BCUT2D eigenvalue weighted by atomic mass is 10.0. The van der Waals surface area contributed by atoms with Crippen molar-refractivity contribution in [3.05, 3.63) is 89.5 Å². The van der Waals surface area contributed by atoms with Crippen molar-refractivity contribution in [3.63, 3.8) is 0 Å². The zero-order valence-electron chi connectivity index (χ0n) is 24.8. The summed E-state index contributed by atoms with van der Waals surface area (Å²) in [6.45, 7) is 0. The van der Waals surface area contributed by atoms with Gasteiger partial charge in [-0.1, -0.05) is 12.1 Å². The molecule has 2 aromatic carbocycles. The molecule has 0 spiro atoms. The maximum atomic E-state index is 14.8. The summed E-state index contributed by atoms with van der Waals surface area (Å²) in [5.74, 6) is -1.58. The van der Waals surface area contributed by atoms with Gasteiger partial charge >= 0.3 is 0 Å². The molecule has 10 nitrogen and oxygen atoms in total. The average Bonchev–Trinajstić information content (AvgIpc) is 3.58. The summed E-state index contributed by atoms with van der Waals surface area (Å²) in [6.07, 6.45) is 1.58. The highest BCUT2D eigenvalue weighted by molar-refractivity contribution is 7.92. The minimum absolute atomic E-state index is 0.0249. The minimum Gasteiger partial charge on any atom is -0.437 e. The fraction of sp³-hybridized carbons (Fsp3) is 0.152. The quantitative estimate of drug-likeness (QED) is 0.252. The first-order valence-corrected chi connectivity index (χ1v) is 16.0. The van der Waals surface area contributed by atoms with E-state index in [2.05, 4.69) is 10.3 Å². The minimum atomic E-state index is -3.85. The third kappa shape index (κ3) is 4.62. The lowest BCUT2D eigenvalue weighted by Crippen LogP contribution is -2.26. The van der Waals surface area contributed by atoms with Crippen molar-refractivity contribution < 1.29 is 31.2 Å². The van der Waals surface area contributed by atoms with Gasteiger partial charge in [-0.05, 0) is 66.6 Å². The van der Waals surface area contributed by atoms with Crippen LogP contribution in [0.2, 0.25) is 0 Å². The number of hydrogen-bond acceptors (Lipinski definition) is 7. The smallest absolute Gasteiger partial charge is 0.255 e. The molecule has 0 atom stereocenters. The van der Waals surface area contributed by atoms with Crippen molar-refractivity contribution in [1.29, 1.82) is 0 Å². The van der Waals surface area contributed by atoms with E-state index in [1.54, 1.807) is 30.3 Å². The Morgan fingerprint density at radius 2 is 1.76 bits per heavy atom. The van der Waals surface area contributed by atoms with Gasteiger partial charge in [0.1, 0.15) is 17.4 Å². The average molecular weight is 642 g/mol. The van der Waals surface area contributed by atoms with E-state index in [1.807, 2.05) is 0 Å². The molecule has 0 fully saturated rings. The summed E-state index contributed by atoms with van der Waals surface area (Å²) in [5.41, 5.74) is 3.04. The molecular weight excluding hydrogens is 616 g/mol. The highest BCUT2D eigenvalue weighted by Gasteiger charge is 2.29. The van der Waals surface area contributed by atoms with Crippen LogP contribution in [-0.2, 0) is 16.4 Å². The molecule has 46 heavy (non-hydrogen) atoms. The number of sulfonamides is 1. The largest absolute Gasteiger partial charge is 0.437 e. The second-order valence-corrected chi connectivity index (χ2v) is 13.0. The summed E-state index contributed by atoms with van der Waals surface area (Å²) >= 11 is 0. The standard InChI is InChI=1S/C33H25F2N5O5S/c1-36-32(42)28-22-15-21(31(39(2)46(3,43)44)38-33(22)45-30(28)18-7-11-19(34)12-8-18)24-13-9-17-10-14-27(41)40-25-6-4-5-23(35)20(25)16-26(40)29(17)37-24/h4-9,11-13,15-16H,10,14H2,1-3H3,(H,36,42). The molecule has 1 N–H and O–H groups in total. The van der Waals surface area contributed by atoms with E-state index in [0.717, 1.165) is 16.1 Å². The van der Waals surface area contributed by atoms with E-state index in [1.165, 1.54) is 55.1 Å². The Balaban J connectivity index is 1.52. The Morgan fingerprint density at radius 1 is 1.00 bits per heavy atom. The van der Waals surface area contributed by atoms with Gasteiger partial charge in [-0.25, -0.2) is 22.2 Å². The van der Waals surface area contributed by atoms with E-state index in [0.29, 0.717) is 28.9 Å². The van der Waals surface area contributed by atoms with Crippen LogP contribution in [0.5, 0.6) is 0 Å². The molecule has 5 heterocycles. The van der Waals surface area contributed by atoms with Gasteiger partial charge in [0.05, 0.1) is 39.8 Å². The van der Waals surface area contributed by atoms with Gasteiger partial charge in [-0.3, -0.25) is 18.5 Å². The zero-order chi connectivity index (χ0) is 32.5. The van der Waals surface area contributed by atoms with Gasteiger partial charge in [0.25, 0.3) is 5.91 Å². The first-order chi connectivity index (χ1) is 22.0. The summed E-state index contributed by atoms with van der Waals surface area (Å²) in [7, 11) is -1.06. The molecule has 0 saturated carbocycles. The SMILES string of the molecule is CNC(=O)c1c(-c2ccc(F)cc2)oc2nc(N(C)S(C)(=O)=O)c(-c3ccc4c(n3)-c3cc5c(F)cccc5n3C(=O)CC4)cc12. The first-order valence-electron chi connectivity index (χ1n) is 14.2. The van der Waals surface area contributed by atoms with Crippen LogP contribution in [-0.4, -0.2) is 55.1 Å². The summed E-state index contributed by atoms with van der Waals surface area (Å²) < 4.78 is 62.6. The van der Waals surface area contributed by atoms with Crippen LogP contribution in [0.25, 0.3) is 56.0 Å². The number of nitrogens with zero attached hydrogens (tertiary/aromatic N) is 4. The van der Waals surface area contributed by atoms with Crippen molar-refractivity contribution >= 4 is 49.7 Å². The predicted molar refractivity (Wildman–Crippen MR) is 169 cm³/mol. The number of benzene rings is 2. The van der Waals surface area contributed by atoms with Crippen molar-refractivity contribution in [2.24, 2.45) is 0 Å². The molecule has 0 saturated heterocycles. The molecule has 0 radical (unpaired) electrons. The van der Waals surface area contributed by atoms with Gasteiger partial charge < -0.3 is 9.73 Å². The number of carbonyl (C=O) groups excluding carboxylic acids is 2. The molecular formula is C33H25F2N5O5S. The van der Waals surface area contributed by atoms with E-state index in [-0.39, 0.29) is 57.2 Å². The maximum absolute atomic E-state index is 14.8. The van der Waals surface area contributed by atoms with Gasteiger partial charge in [-0.15, -0.1) is 0 Å². The number of furan rings is 1. The number of rotatable bonds is 5. The number of halogens is 2. The predicted octanol–water partition coefficient (Wildman–Crippen LogP) is 5.80. The molecule has 0 aliphatic carbocycles. The van der Waals surface area contributed by atoms with Gasteiger partial charge in [0.15, 0.2) is 5.82 Å². The fourth-order valence-electron chi connectivity index (χ4n) is 5.81. The maximum Gasteiger partial charge on any atom is 0.255 e. The number of fused-ring (bicyclic) bond motifs is 6. The number of pyridine rings is 2. The number of aromatic nitrogens is 3. The molecule has 1 amide bonds. The number of nitrogens with one attached hydrogen (secondary N) is 1. The number of hydrogen-bond donors (Lipinski definition) is 1. The third-order valence-corrected chi connectivity index (χ3v) is 9.33. The van der Waals surface area contributed by atoms with Crippen molar-refractivity contribution in [2.45, 2.75) is 12.8 Å². The van der Waals surface area contributed by atoms with E-state index in [9.17, 15) is 26.8 Å². The Hall–Kier alpha value is -5.43. The zero-order valence-corrected chi connectivity index (χ0v) is 25.6. The van der Waals surface area contributed by atoms with Gasteiger partial charge in [0, 0.05) is 37.0 Å². The van der Waals surface area contributed by atoms with Crippen LogP contribution in [0.1, 0.15) is 27.1 Å². The summed E-state index contributed by atoms with van der Waals surface area (Å²) in [4.78, 5) is 36.0. The highest BCUT2D eigenvalue weighted by Crippen LogP contribution is 2.41. The van der Waals surface area contributed by atoms with E-state index in [4.69, 9.17) is 9.40 Å². The molecule has 6 aromatic rings. The number of carbonyl (C=O) groups is 2. The Kier molecular flexibility index (Phi) is 6.74. The van der Waals surface area contributed by atoms with Gasteiger partial charge in [-0.2, -0.15) is 4.98 Å². The number of aryl methyl sites for hydroxylation is 1. The third-order valence-electron chi connectivity index (χ3n) is 8.17. The van der Waals surface area contributed by atoms with Gasteiger partial charge in [0.2, 0.25) is 21.6 Å². The molecule has 1 aliphatic rings. The lowest BCUT2D eigenvalue weighted by molar-refractivity contribution is 0.0910. The fourth-order valence-corrected chi connectivity index (χ4v) is 6.26. The topological polar surface area (TPSA) is 127 Å². The van der Waals surface area contributed by atoms with Crippen LogP contribution >= 0.6 is 0 Å². The van der Waals surface area contributed by atoms with Crippen molar-refractivity contribution in [2.75, 3.05) is 24.7 Å². The number of anilines is 1. The molecule has 1 aliphatic heterocycles. The molecule has 232 valence electrons. The first kappa shape index (κ1) is 29.3. The molecule has 13 heteroatoms. The van der Waals surface area contributed by atoms with Crippen LogP contribution in [0, 0.1) is 11.6 Å². The number of amides is 1. The molecule has 0 unspecified atom stereocenters. The lowest BCUT2D eigenvalue weighted by Gasteiger charge is -2.19. The van der Waals surface area contributed by atoms with E-state index < -0.39 is 27.6 Å². The van der Waals surface area contributed by atoms with Crippen LogP contribution in [0.4, 0.5) is 14.6 Å². The van der Waals surface area contributed by atoms with Crippen LogP contribution in [0.3, 0.4) is 0 Å². The normalized spacial score (nSPS) is 13.0. The molecule has 4 aromatic heterocycles. The summed E-state index contributed by atoms with van der Waals surface area (Å²) in [5, 5.41) is 3.13. The molecule has 0 bridgehead atoms.